The van der Waals surface area contributed by atoms with Gasteiger partial charge in [-0.2, -0.15) is 13.2 Å². The van der Waals surface area contributed by atoms with Crippen LogP contribution in [0.25, 0.3) is 17.8 Å². The fraction of sp³-hybridized carbons (Fsp3) is 0.115. The van der Waals surface area contributed by atoms with Gasteiger partial charge < -0.3 is 10.6 Å². The van der Waals surface area contributed by atoms with Gasteiger partial charge in [0.2, 0.25) is 0 Å². The molecule has 32 heavy (non-hydrogen) atoms. The fourth-order valence-electron chi connectivity index (χ4n) is 3.56. The second-order valence-electron chi connectivity index (χ2n) is 7.38. The molecule has 0 unspecified atom stereocenters. The summed E-state index contributed by atoms with van der Waals surface area (Å²) in [5, 5.41) is 6.21. The highest BCUT2D eigenvalue weighted by Crippen LogP contribution is 2.31. The molecule has 3 aromatic carbocycles. The highest BCUT2D eigenvalue weighted by molar-refractivity contribution is 6.06. The molecule has 0 spiro atoms. The van der Waals surface area contributed by atoms with Gasteiger partial charge in [-0.25, -0.2) is 0 Å². The zero-order chi connectivity index (χ0) is 22.6. The van der Waals surface area contributed by atoms with Gasteiger partial charge >= 0.3 is 6.18 Å². The Bertz CT molecular complexity index is 1160. The van der Waals surface area contributed by atoms with Crippen LogP contribution in [0.3, 0.4) is 0 Å². The molecule has 3 nitrogen and oxygen atoms in total. The summed E-state index contributed by atoms with van der Waals surface area (Å²) in [6.45, 7) is 0.804. The highest BCUT2D eigenvalue weighted by atomic mass is 19.4. The van der Waals surface area contributed by atoms with E-state index in [-0.39, 0.29) is 5.56 Å². The lowest BCUT2D eigenvalue weighted by molar-refractivity contribution is -0.137. The van der Waals surface area contributed by atoms with Crippen LogP contribution >= 0.6 is 0 Å². The summed E-state index contributed by atoms with van der Waals surface area (Å²) >= 11 is 0. The average Bonchev–Trinajstić information content (AvgIpc) is 3.32. The van der Waals surface area contributed by atoms with Gasteiger partial charge in [0.05, 0.1) is 11.3 Å². The van der Waals surface area contributed by atoms with E-state index in [1.54, 1.807) is 6.07 Å². The molecule has 6 heteroatoms. The second kappa shape index (κ2) is 9.14. The molecule has 1 aliphatic rings. The Balaban J connectivity index is 1.65. The number of rotatable bonds is 5. The van der Waals surface area contributed by atoms with Gasteiger partial charge in [0.15, 0.2) is 0 Å². The number of hydrogen-bond acceptors (Lipinski definition) is 2. The molecule has 0 fully saturated rings. The summed E-state index contributed by atoms with van der Waals surface area (Å²) in [6, 6.07) is 19.7. The highest BCUT2D eigenvalue weighted by Gasteiger charge is 2.30. The Morgan fingerprint density at radius 3 is 2.31 bits per heavy atom. The summed E-state index contributed by atoms with van der Waals surface area (Å²) in [5.74, 6) is -0.470. The van der Waals surface area contributed by atoms with Gasteiger partial charge in [0.25, 0.3) is 5.91 Å². The molecule has 4 rings (SSSR count). The zero-order valence-electron chi connectivity index (χ0n) is 17.1. The minimum atomic E-state index is -4.44. The number of amides is 1. The van der Waals surface area contributed by atoms with Crippen molar-refractivity contribution in [3.05, 3.63) is 107 Å². The summed E-state index contributed by atoms with van der Waals surface area (Å²) in [5.41, 5.74) is 3.68. The third-order valence-electron chi connectivity index (χ3n) is 5.15. The monoisotopic (exact) mass is 434 g/mol. The molecule has 162 valence electrons. The lowest BCUT2D eigenvalue weighted by Crippen LogP contribution is -2.16. The first kappa shape index (κ1) is 21.4. The smallest absolute Gasteiger partial charge is 0.384 e. The Kier molecular flexibility index (Phi) is 6.12. The molecular formula is C26H21F3N2O. The van der Waals surface area contributed by atoms with Gasteiger partial charge in [-0.05, 0) is 47.9 Å². The zero-order valence-corrected chi connectivity index (χ0v) is 17.1. The van der Waals surface area contributed by atoms with Gasteiger partial charge in [-0.1, -0.05) is 60.7 Å². The van der Waals surface area contributed by atoms with Crippen molar-refractivity contribution < 1.29 is 18.0 Å². The molecule has 3 aromatic rings. The van der Waals surface area contributed by atoms with E-state index in [9.17, 15) is 18.0 Å². The summed E-state index contributed by atoms with van der Waals surface area (Å²) in [6.07, 6.45) is 2.48. The van der Waals surface area contributed by atoms with Crippen LogP contribution in [0.4, 0.5) is 18.9 Å². The molecule has 0 atom stereocenters. The molecule has 1 aliphatic heterocycles. The number of halogens is 3. The van der Waals surface area contributed by atoms with Crippen LogP contribution < -0.4 is 10.6 Å². The summed E-state index contributed by atoms with van der Waals surface area (Å²) < 4.78 is 38.4. The van der Waals surface area contributed by atoms with E-state index in [0.29, 0.717) is 5.69 Å². The van der Waals surface area contributed by atoms with Crippen molar-refractivity contribution >= 4 is 29.4 Å². The first-order valence-corrected chi connectivity index (χ1v) is 10.2. The van der Waals surface area contributed by atoms with Gasteiger partial charge in [-0.15, -0.1) is 0 Å². The Hall–Kier alpha value is -3.80. The van der Waals surface area contributed by atoms with E-state index in [1.165, 1.54) is 12.1 Å². The van der Waals surface area contributed by atoms with Crippen LogP contribution in [0.2, 0.25) is 0 Å². The van der Waals surface area contributed by atoms with Crippen LogP contribution in [0, 0.1) is 0 Å². The molecule has 0 radical (unpaired) electrons. The molecule has 2 N–H and O–H groups in total. The van der Waals surface area contributed by atoms with Crippen molar-refractivity contribution in [2.24, 2.45) is 0 Å². The number of benzene rings is 3. The number of anilines is 1. The lowest BCUT2D eigenvalue weighted by Gasteiger charge is -2.16. The first-order chi connectivity index (χ1) is 15.4. The molecular weight excluding hydrogens is 413 g/mol. The van der Waals surface area contributed by atoms with E-state index in [0.717, 1.165) is 47.5 Å². The standard InChI is InChI=1S/C26H21F3N2O/c27-26(28,29)21-15-13-20(14-16-21)25(32)31-23-9-4-8-19(24(23)22-10-5-17-30-22)12-11-18-6-2-1-3-7-18/h1-4,6-16,30H,5,17H2,(H,31,32)/b12-11+. The van der Waals surface area contributed by atoms with Crippen molar-refractivity contribution in [3.63, 3.8) is 0 Å². The molecule has 1 amide bonds. The Labute approximate surface area is 184 Å². The normalized spacial score (nSPS) is 13.7. The summed E-state index contributed by atoms with van der Waals surface area (Å²) in [4.78, 5) is 12.8. The van der Waals surface area contributed by atoms with Gasteiger partial charge in [0.1, 0.15) is 0 Å². The van der Waals surface area contributed by atoms with Crippen LogP contribution in [0.15, 0.2) is 78.9 Å². The Morgan fingerprint density at radius 2 is 1.66 bits per heavy atom. The van der Waals surface area contributed by atoms with Crippen molar-refractivity contribution in [1.82, 2.24) is 5.32 Å². The fourth-order valence-corrected chi connectivity index (χ4v) is 3.56. The Morgan fingerprint density at radius 1 is 0.906 bits per heavy atom. The second-order valence-corrected chi connectivity index (χ2v) is 7.38. The molecule has 0 saturated carbocycles. The topological polar surface area (TPSA) is 41.1 Å². The largest absolute Gasteiger partial charge is 0.416 e. The van der Waals surface area contributed by atoms with Crippen molar-refractivity contribution in [3.8, 4) is 0 Å². The van der Waals surface area contributed by atoms with Crippen molar-refractivity contribution in [2.45, 2.75) is 12.6 Å². The quantitative estimate of drug-likeness (QED) is 0.453. The van der Waals surface area contributed by atoms with E-state index >= 15 is 0 Å². The van der Waals surface area contributed by atoms with Crippen LogP contribution in [-0.2, 0) is 6.18 Å². The number of carbonyl (C=O) groups excluding carboxylic acids is 1. The maximum absolute atomic E-state index is 12.8. The summed E-state index contributed by atoms with van der Waals surface area (Å²) in [7, 11) is 0. The maximum Gasteiger partial charge on any atom is 0.416 e. The minimum Gasteiger partial charge on any atom is -0.384 e. The predicted molar refractivity (Wildman–Crippen MR) is 122 cm³/mol. The van der Waals surface area contributed by atoms with E-state index in [4.69, 9.17) is 0 Å². The van der Waals surface area contributed by atoms with Crippen molar-refractivity contribution in [1.29, 1.82) is 0 Å². The third kappa shape index (κ3) is 4.91. The number of nitrogens with one attached hydrogen (secondary N) is 2. The number of hydrogen-bond donors (Lipinski definition) is 2. The molecule has 0 bridgehead atoms. The van der Waals surface area contributed by atoms with E-state index in [1.807, 2.05) is 54.6 Å². The third-order valence-corrected chi connectivity index (χ3v) is 5.15. The molecule has 1 heterocycles. The first-order valence-electron chi connectivity index (χ1n) is 10.2. The predicted octanol–water partition coefficient (Wildman–Crippen LogP) is 6.46. The molecule has 0 aliphatic carbocycles. The number of carbonyl (C=O) groups is 1. The molecule has 0 saturated heterocycles. The number of alkyl halides is 3. The van der Waals surface area contributed by atoms with Crippen LogP contribution in [0.1, 0.15) is 39.0 Å². The molecule has 0 aromatic heterocycles. The minimum absolute atomic E-state index is 0.155. The van der Waals surface area contributed by atoms with Crippen LogP contribution in [0.5, 0.6) is 0 Å². The SMILES string of the molecule is O=C(Nc1cccc(/C=C/c2ccccc2)c1C1=CCCN1)c1ccc(C(F)(F)F)cc1. The van der Waals surface area contributed by atoms with E-state index < -0.39 is 17.6 Å². The average molecular weight is 434 g/mol. The van der Waals surface area contributed by atoms with E-state index in [2.05, 4.69) is 16.7 Å². The maximum atomic E-state index is 12.8. The van der Waals surface area contributed by atoms with Gasteiger partial charge in [0, 0.05) is 23.4 Å². The van der Waals surface area contributed by atoms with Crippen LogP contribution in [-0.4, -0.2) is 12.5 Å². The van der Waals surface area contributed by atoms with Crippen molar-refractivity contribution in [2.75, 3.05) is 11.9 Å². The lowest BCUT2D eigenvalue weighted by atomic mass is 10.00. The van der Waals surface area contributed by atoms with Gasteiger partial charge in [-0.3, -0.25) is 4.79 Å².